The molecule has 8 heteroatoms. The number of carbonyl (C=O) groups excluding carboxylic acids is 1. The van der Waals surface area contributed by atoms with Gasteiger partial charge in [0.15, 0.2) is 0 Å². The Balaban J connectivity index is 1.28. The fraction of sp³-hybridized carbons (Fsp3) is 0.350. The molecule has 1 aromatic carbocycles. The number of benzene rings is 1. The van der Waals surface area contributed by atoms with E-state index in [1.807, 2.05) is 23.1 Å². The van der Waals surface area contributed by atoms with Gasteiger partial charge in [-0.05, 0) is 36.2 Å². The van der Waals surface area contributed by atoms with E-state index in [2.05, 4.69) is 27.0 Å². The second kappa shape index (κ2) is 8.43. The van der Waals surface area contributed by atoms with Gasteiger partial charge in [0.2, 0.25) is 5.91 Å². The van der Waals surface area contributed by atoms with Crippen molar-refractivity contribution in [2.45, 2.75) is 19.4 Å². The van der Waals surface area contributed by atoms with Gasteiger partial charge in [-0.2, -0.15) is 0 Å². The first-order valence-electron chi connectivity index (χ1n) is 9.32. The van der Waals surface area contributed by atoms with Gasteiger partial charge in [0, 0.05) is 49.4 Å². The van der Waals surface area contributed by atoms with Crippen LogP contribution in [0.25, 0.3) is 10.9 Å². The Kier molecular flexibility index (Phi) is 5.75. The van der Waals surface area contributed by atoms with Crippen molar-refractivity contribution in [1.82, 2.24) is 19.8 Å². The van der Waals surface area contributed by atoms with Crippen LogP contribution in [0, 0.1) is 0 Å². The minimum absolute atomic E-state index is 0.224. The number of piperazine rings is 1. The molecule has 3 heterocycles. The number of hydrogen-bond acceptors (Lipinski definition) is 6. The summed E-state index contributed by atoms with van der Waals surface area (Å²) in [5, 5.41) is 0.883. The molecule has 1 amide bonds. The molecule has 0 radical (unpaired) electrons. The Morgan fingerprint density at radius 1 is 1.14 bits per heavy atom. The summed E-state index contributed by atoms with van der Waals surface area (Å²) in [4.78, 5) is 26.3. The molecular weight excluding hydrogens is 394 g/mol. The van der Waals surface area contributed by atoms with Crippen molar-refractivity contribution in [1.29, 1.82) is 0 Å². The Morgan fingerprint density at radius 2 is 1.96 bits per heavy atom. The molecule has 0 unspecified atom stereocenters. The number of hydrogen-bond donors (Lipinski definition) is 1. The van der Waals surface area contributed by atoms with Gasteiger partial charge >= 0.3 is 0 Å². The van der Waals surface area contributed by atoms with Crippen LogP contribution in [0.5, 0.6) is 0 Å². The summed E-state index contributed by atoms with van der Waals surface area (Å²) in [5.41, 5.74) is 7.95. The topological polar surface area (TPSA) is 75.3 Å². The van der Waals surface area contributed by atoms with Gasteiger partial charge in [-0.3, -0.25) is 9.69 Å². The summed E-state index contributed by atoms with van der Waals surface area (Å²) >= 11 is 7.50. The minimum atomic E-state index is 0.224. The number of rotatable bonds is 5. The molecule has 0 spiro atoms. The molecule has 2 aromatic heterocycles. The highest BCUT2D eigenvalue weighted by Gasteiger charge is 2.21. The largest absolute Gasteiger partial charge is 0.383 e. The number of carbonyl (C=O) groups is 1. The Bertz CT molecular complexity index is 984. The van der Waals surface area contributed by atoms with Crippen molar-refractivity contribution in [3.63, 3.8) is 0 Å². The molecule has 4 rings (SSSR count). The lowest BCUT2D eigenvalue weighted by Crippen LogP contribution is -2.48. The van der Waals surface area contributed by atoms with Crippen LogP contribution in [-0.4, -0.2) is 51.9 Å². The van der Waals surface area contributed by atoms with E-state index in [1.54, 1.807) is 11.3 Å². The molecule has 28 heavy (non-hydrogen) atoms. The monoisotopic (exact) mass is 415 g/mol. The molecule has 0 bridgehead atoms. The molecule has 2 N–H and O–H groups in total. The summed E-state index contributed by atoms with van der Waals surface area (Å²) in [6.07, 6.45) is 2.80. The smallest absolute Gasteiger partial charge is 0.223 e. The van der Waals surface area contributed by atoms with Gasteiger partial charge in [-0.1, -0.05) is 17.7 Å². The number of nitrogens with two attached hydrogens (primary N) is 1. The van der Waals surface area contributed by atoms with Crippen LogP contribution in [0.4, 0.5) is 5.82 Å². The molecule has 1 aliphatic rings. The van der Waals surface area contributed by atoms with Crippen LogP contribution in [0.2, 0.25) is 4.34 Å². The van der Waals surface area contributed by atoms with Crippen LogP contribution in [0.15, 0.2) is 36.7 Å². The fourth-order valence-electron chi connectivity index (χ4n) is 3.51. The first-order valence-corrected chi connectivity index (χ1v) is 10.5. The van der Waals surface area contributed by atoms with Gasteiger partial charge in [-0.25, -0.2) is 9.97 Å². The van der Waals surface area contributed by atoms with Gasteiger partial charge in [0.1, 0.15) is 12.1 Å². The number of halogens is 1. The predicted octanol–water partition coefficient (Wildman–Crippen LogP) is 3.20. The standard InChI is InChI=1S/C20H22ClN5OS/c21-18-5-2-15(28-18)3-6-19(27)26-9-7-25(8-10-26)12-14-1-4-16-17(11-14)23-13-24-20(16)22/h1-2,4-5,11,13H,3,6-10,12H2,(H2,22,23,24). The van der Waals surface area contributed by atoms with Crippen molar-refractivity contribution < 1.29 is 4.79 Å². The van der Waals surface area contributed by atoms with Crippen LogP contribution in [0.1, 0.15) is 16.9 Å². The Hall–Kier alpha value is -2.22. The average Bonchev–Trinajstić information content (AvgIpc) is 3.12. The minimum Gasteiger partial charge on any atom is -0.383 e. The molecule has 3 aromatic rings. The first-order chi connectivity index (χ1) is 13.6. The number of aromatic nitrogens is 2. The average molecular weight is 416 g/mol. The van der Waals surface area contributed by atoms with E-state index in [-0.39, 0.29) is 5.91 Å². The van der Waals surface area contributed by atoms with Crippen LogP contribution >= 0.6 is 22.9 Å². The molecule has 1 aliphatic heterocycles. The Labute approximate surface area is 172 Å². The third kappa shape index (κ3) is 4.43. The highest BCUT2D eigenvalue weighted by Crippen LogP contribution is 2.23. The third-order valence-electron chi connectivity index (χ3n) is 5.08. The quantitative estimate of drug-likeness (QED) is 0.692. The van der Waals surface area contributed by atoms with Crippen LogP contribution < -0.4 is 5.73 Å². The maximum absolute atomic E-state index is 12.5. The van der Waals surface area contributed by atoms with Crippen LogP contribution in [-0.2, 0) is 17.8 Å². The molecule has 0 atom stereocenters. The lowest BCUT2D eigenvalue weighted by Gasteiger charge is -2.34. The first kappa shape index (κ1) is 19.1. The fourth-order valence-corrected chi connectivity index (χ4v) is 4.60. The summed E-state index contributed by atoms with van der Waals surface area (Å²) in [6.45, 7) is 4.13. The second-order valence-electron chi connectivity index (χ2n) is 6.97. The molecule has 0 aliphatic carbocycles. The maximum Gasteiger partial charge on any atom is 0.223 e. The van der Waals surface area contributed by atoms with Gasteiger partial charge in [-0.15, -0.1) is 11.3 Å². The number of aryl methyl sites for hydroxylation is 1. The number of thiophene rings is 1. The van der Waals surface area contributed by atoms with E-state index < -0.39 is 0 Å². The normalized spacial score (nSPS) is 15.2. The zero-order chi connectivity index (χ0) is 19.5. The van der Waals surface area contributed by atoms with E-state index >= 15 is 0 Å². The van der Waals surface area contributed by atoms with E-state index in [0.717, 1.165) is 59.3 Å². The molecule has 0 saturated carbocycles. The predicted molar refractivity (Wildman–Crippen MR) is 113 cm³/mol. The molecular formula is C20H22ClN5OS. The van der Waals surface area contributed by atoms with E-state index in [9.17, 15) is 4.79 Å². The zero-order valence-corrected chi connectivity index (χ0v) is 17.0. The second-order valence-corrected chi connectivity index (χ2v) is 8.77. The third-order valence-corrected chi connectivity index (χ3v) is 6.37. The number of anilines is 1. The van der Waals surface area contributed by atoms with Crippen molar-refractivity contribution in [3.8, 4) is 0 Å². The van der Waals surface area contributed by atoms with Gasteiger partial charge < -0.3 is 10.6 Å². The van der Waals surface area contributed by atoms with Gasteiger partial charge in [0.25, 0.3) is 0 Å². The van der Waals surface area contributed by atoms with Crippen LogP contribution in [0.3, 0.4) is 0 Å². The van der Waals surface area contributed by atoms with E-state index in [0.29, 0.717) is 12.2 Å². The number of nitrogens with zero attached hydrogens (tertiary/aromatic N) is 4. The highest BCUT2D eigenvalue weighted by molar-refractivity contribution is 7.16. The summed E-state index contributed by atoms with van der Waals surface area (Å²) < 4.78 is 0.777. The van der Waals surface area contributed by atoms with E-state index in [4.69, 9.17) is 17.3 Å². The molecule has 1 saturated heterocycles. The number of nitrogen functional groups attached to an aromatic ring is 1. The summed E-state index contributed by atoms with van der Waals surface area (Å²) in [5.74, 6) is 0.732. The zero-order valence-electron chi connectivity index (χ0n) is 15.5. The summed E-state index contributed by atoms with van der Waals surface area (Å²) in [6, 6.07) is 10.0. The van der Waals surface area contributed by atoms with Gasteiger partial charge in [0.05, 0.1) is 9.85 Å². The number of amides is 1. The van der Waals surface area contributed by atoms with Crippen molar-refractivity contribution >= 4 is 45.6 Å². The molecule has 6 nitrogen and oxygen atoms in total. The van der Waals surface area contributed by atoms with Crippen molar-refractivity contribution in [2.75, 3.05) is 31.9 Å². The molecule has 146 valence electrons. The maximum atomic E-state index is 12.5. The SMILES string of the molecule is Nc1ncnc2cc(CN3CCN(C(=O)CCc4ccc(Cl)s4)CC3)ccc12. The lowest BCUT2D eigenvalue weighted by atomic mass is 10.1. The summed E-state index contributed by atoms with van der Waals surface area (Å²) in [7, 11) is 0. The number of fused-ring (bicyclic) bond motifs is 1. The molecule has 1 fully saturated rings. The van der Waals surface area contributed by atoms with Crippen molar-refractivity contribution in [3.05, 3.63) is 51.4 Å². The highest BCUT2D eigenvalue weighted by atomic mass is 35.5. The van der Waals surface area contributed by atoms with E-state index in [1.165, 1.54) is 11.9 Å². The van der Waals surface area contributed by atoms with Crippen molar-refractivity contribution in [2.24, 2.45) is 0 Å². The lowest BCUT2D eigenvalue weighted by molar-refractivity contribution is -0.132. The Morgan fingerprint density at radius 3 is 2.71 bits per heavy atom.